The van der Waals surface area contributed by atoms with Crippen LogP contribution in [0, 0.1) is 5.92 Å². The number of amides is 1. The Kier molecular flexibility index (Phi) is 3.68. The van der Waals surface area contributed by atoms with Crippen LogP contribution in [0.4, 0.5) is 0 Å². The molecule has 2 N–H and O–H groups in total. The van der Waals surface area contributed by atoms with E-state index in [1.54, 1.807) is 0 Å². The van der Waals surface area contributed by atoms with Gasteiger partial charge in [0.25, 0.3) is 5.91 Å². The highest BCUT2D eigenvalue weighted by Gasteiger charge is 2.32. The molecule has 1 aliphatic carbocycles. The van der Waals surface area contributed by atoms with Crippen molar-refractivity contribution in [2.24, 2.45) is 5.92 Å². The van der Waals surface area contributed by atoms with Crippen LogP contribution in [0.25, 0.3) is 0 Å². The highest BCUT2D eigenvalue weighted by Crippen LogP contribution is 2.25. The number of carbonyl (C=O) groups is 2. The molecule has 6 nitrogen and oxygen atoms in total. The van der Waals surface area contributed by atoms with E-state index in [0.717, 1.165) is 30.8 Å². The fourth-order valence-electron chi connectivity index (χ4n) is 2.11. The van der Waals surface area contributed by atoms with Gasteiger partial charge < -0.3 is 10.4 Å². The Labute approximate surface area is 102 Å². The summed E-state index contributed by atoms with van der Waals surface area (Å²) in [6, 6.07) is -0.282. The zero-order chi connectivity index (χ0) is 12.3. The van der Waals surface area contributed by atoms with Gasteiger partial charge in [0.05, 0.1) is 12.1 Å². The molecule has 1 fully saturated rings. The molecule has 0 aromatic carbocycles. The average molecular weight is 255 g/mol. The number of carbonyl (C=O) groups excluding carboxylic acids is 1. The third-order valence-electron chi connectivity index (χ3n) is 2.98. The monoisotopic (exact) mass is 255 g/mol. The van der Waals surface area contributed by atoms with Crippen LogP contribution >= 0.6 is 11.5 Å². The molecule has 1 heterocycles. The van der Waals surface area contributed by atoms with Gasteiger partial charge in [0.1, 0.15) is 4.88 Å². The highest BCUT2D eigenvalue weighted by molar-refractivity contribution is 7.07. The lowest BCUT2D eigenvalue weighted by atomic mass is 9.84. The van der Waals surface area contributed by atoms with Crippen LogP contribution < -0.4 is 5.32 Å². The summed E-state index contributed by atoms with van der Waals surface area (Å²) in [5, 5.41) is 15.4. The summed E-state index contributed by atoms with van der Waals surface area (Å²) in [7, 11) is 0. The second kappa shape index (κ2) is 5.22. The zero-order valence-electron chi connectivity index (χ0n) is 9.13. The van der Waals surface area contributed by atoms with Gasteiger partial charge in [-0.25, -0.2) is 0 Å². The SMILES string of the molecule is O=C(NC1CCCCC1C(=O)O)c1cnns1. The van der Waals surface area contributed by atoms with Crippen molar-refractivity contribution in [3.63, 3.8) is 0 Å². The summed E-state index contributed by atoms with van der Waals surface area (Å²) in [5.74, 6) is -1.59. The summed E-state index contributed by atoms with van der Waals surface area (Å²) < 4.78 is 3.60. The molecule has 92 valence electrons. The lowest BCUT2D eigenvalue weighted by Gasteiger charge is -2.28. The zero-order valence-corrected chi connectivity index (χ0v) is 9.94. The lowest BCUT2D eigenvalue weighted by Crippen LogP contribution is -2.44. The standard InChI is InChI=1S/C10H13N3O3S/c14-9(8-5-11-13-17-8)12-7-4-2-1-3-6(7)10(15)16/h5-7H,1-4H2,(H,12,14)(H,15,16). The van der Waals surface area contributed by atoms with Crippen molar-refractivity contribution in [2.75, 3.05) is 0 Å². The van der Waals surface area contributed by atoms with Gasteiger partial charge >= 0.3 is 5.97 Å². The minimum absolute atomic E-state index is 0.279. The molecule has 1 amide bonds. The normalized spacial score (nSPS) is 24.2. The van der Waals surface area contributed by atoms with Gasteiger partial charge in [-0.15, -0.1) is 5.10 Å². The quantitative estimate of drug-likeness (QED) is 0.837. The maximum atomic E-state index is 11.8. The summed E-state index contributed by atoms with van der Waals surface area (Å²) in [4.78, 5) is 23.2. The molecule has 7 heteroatoms. The van der Waals surface area contributed by atoms with Crippen LogP contribution in [0.2, 0.25) is 0 Å². The van der Waals surface area contributed by atoms with Gasteiger partial charge in [-0.1, -0.05) is 17.3 Å². The number of hydrogen-bond acceptors (Lipinski definition) is 5. The topological polar surface area (TPSA) is 92.2 Å². The minimum Gasteiger partial charge on any atom is -0.481 e. The number of carboxylic acids is 1. The Morgan fingerprint density at radius 1 is 1.41 bits per heavy atom. The van der Waals surface area contributed by atoms with Crippen LogP contribution in [0.3, 0.4) is 0 Å². The Morgan fingerprint density at radius 2 is 2.18 bits per heavy atom. The van der Waals surface area contributed by atoms with Crippen LogP contribution in [0.15, 0.2) is 6.20 Å². The van der Waals surface area contributed by atoms with Gasteiger partial charge in [-0.05, 0) is 24.4 Å². The first kappa shape index (κ1) is 12.0. The van der Waals surface area contributed by atoms with Crippen molar-refractivity contribution >= 4 is 23.4 Å². The van der Waals surface area contributed by atoms with E-state index in [2.05, 4.69) is 14.9 Å². The summed E-state index contributed by atoms with van der Waals surface area (Å²) in [6.45, 7) is 0. The van der Waals surface area contributed by atoms with Crippen molar-refractivity contribution < 1.29 is 14.7 Å². The van der Waals surface area contributed by atoms with Crippen molar-refractivity contribution in [1.82, 2.24) is 14.9 Å². The second-order valence-corrected chi connectivity index (χ2v) is 4.88. The minimum atomic E-state index is -0.836. The van der Waals surface area contributed by atoms with Gasteiger partial charge in [0.15, 0.2) is 0 Å². The van der Waals surface area contributed by atoms with Crippen LogP contribution in [-0.4, -0.2) is 32.6 Å². The Bertz CT molecular complexity index is 407. The predicted octanol–water partition coefficient (Wildman–Crippen LogP) is 0.911. The van der Waals surface area contributed by atoms with Gasteiger partial charge in [0, 0.05) is 6.04 Å². The van der Waals surface area contributed by atoms with E-state index in [9.17, 15) is 9.59 Å². The number of carboxylic acid groups (broad SMARTS) is 1. The van der Waals surface area contributed by atoms with E-state index in [4.69, 9.17) is 5.11 Å². The number of aliphatic carboxylic acids is 1. The number of nitrogens with zero attached hydrogens (tertiary/aromatic N) is 2. The van der Waals surface area contributed by atoms with Crippen molar-refractivity contribution in [3.8, 4) is 0 Å². The fourth-order valence-corrected chi connectivity index (χ4v) is 2.52. The van der Waals surface area contributed by atoms with E-state index in [1.165, 1.54) is 6.20 Å². The van der Waals surface area contributed by atoms with Gasteiger partial charge in [0.2, 0.25) is 0 Å². The smallest absolute Gasteiger partial charge is 0.308 e. The number of nitrogens with one attached hydrogen (secondary N) is 1. The first-order chi connectivity index (χ1) is 8.18. The summed E-state index contributed by atoms with van der Waals surface area (Å²) >= 11 is 1.01. The Morgan fingerprint density at radius 3 is 2.82 bits per heavy atom. The lowest BCUT2D eigenvalue weighted by molar-refractivity contribution is -0.143. The molecule has 17 heavy (non-hydrogen) atoms. The van der Waals surface area contributed by atoms with E-state index in [0.29, 0.717) is 11.3 Å². The summed E-state index contributed by atoms with van der Waals surface area (Å²) in [5.41, 5.74) is 0. The average Bonchev–Trinajstić information content (AvgIpc) is 2.83. The molecule has 0 bridgehead atoms. The molecule has 1 aliphatic rings. The van der Waals surface area contributed by atoms with Gasteiger partial charge in [-0.3, -0.25) is 9.59 Å². The molecule has 0 aliphatic heterocycles. The van der Waals surface area contributed by atoms with Crippen molar-refractivity contribution in [1.29, 1.82) is 0 Å². The molecule has 1 saturated carbocycles. The maximum absolute atomic E-state index is 11.8. The molecule has 1 aromatic heterocycles. The molecule has 0 radical (unpaired) electrons. The fraction of sp³-hybridized carbons (Fsp3) is 0.600. The first-order valence-electron chi connectivity index (χ1n) is 5.49. The van der Waals surface area contributed by atoms with Crippen LogP contribution in [0.1, 0.15) is 35.4 Å². The van der Waals surface area contributed by atoms with Gasteiger partial charge in [-0.2, -0.15) is 0 Å². The molecule has 2 rings (SSSR count). The molecular weight excluding hydrogens is 242 g/mol. The third-order valence-corrected chi connectivity index (χ3v) is 3.65. The van der Waals surface area contributed by atoms with Crippen molar-refractivity contribution in [2.45, 2.75) is 31.7 Å². The number of rotatable bonds is 3. The van der Waals surface area contributed by atoms with E-state index < -0.39 is 11.9 Å². The molecule has 2 atom stereocenters. The molecule has 1 aromatic rings. The number of aromatic nitrogens is 2. The second-order valence-electron chi connectivity index (χ2n) is 4.09. The molecule has 0 saturated heterocycles. The Balaban J connectivity index is 2.01. The van der Waals surface area contributed by atoms with E-state index >= 15 is 0 Å². The maximum Gasteiger partial charge on any atom is 0.308 e. The third kappa shape index (κ3) is 2.79. The van der Waals surface area contributed by atoms with Crippen molar-refractivity contribution in [3.05, 3.63) is 11.1 Å². The predicted molar refractivity (Wildman–Crippen MR) is 60.8 cm³/mol. The summed E-state index contributed by atoms with van der Waals surface area (Å²) in [6.07, 6.45) is 4.59. The molecule has 0 spiro atoms. The Hall–Kier alpha value is -1.50. The van der Waals surface area contributed by atoms with E-state index in [1.807, 2.05) is 0 Å². The van der Waals surface area contributed by atoms with E-state index in [-0.39, 0.29) is 11.9 Å². The molecule has 2 unspecified atom stereocenters. The molecular formula is C10H13N3O3S. The van der Waals surface area contributed by atoms with Crippen LogP contribution in [-0.2, 0) is 4.79 Å². The van der Waals surface area contributed by atoms with Crippen LogP contribution in [0.5, 0.6) is 0 Å². The largest absolute Gasteiger partial charge is 0.481 e. The number of hydrogen-bond donors (Lipinski definition) is 2. The first-order valence-corrected chi connectivity index (χ1v) is 6.27. The highest BCUT2D eigenvalue weighted by atomic mass is 32.1.